The summed E-state index contributed by atoms with van der Waals surface area (Å²) in [6.45, 7) is 0. The van der Waals surface area contributed by atoms with Gasteiger partial charge < -0.3 is 11.5 Å². The third kappa shape index (κ3) is 1.29. The average molecular weight is 180 g/mol. The molecule has 1 atom stereocenters. The number of benzene rings is 1. The third-order valence-corrected chi connectivity index (χ3v) is 2.65. The van der Waals surface area contributed by atoms with Crippen molar-refractivity contribution in [2.45, 2.75) is 25.3 Å². The Bertz CT molecular complexity index is 336. The molecule has 4 N–H and O–H groups in total. The summed E-state index contributed by atoms with van der Waals surface area (Å²) in [5, 5.41) is 0. The van der Waals surface area contributed by atoms with Gasteiger partial charge >= 0.3 is 0 Å². The van der Waals surface area contributed by atoms with Gasteiger partial charge in [-0.15, -0.1) is 0 Å². The molecule has 0 bridgehead atoms. The number of fused-ring (bicyclic) bond motifs is 1. The van der Waals surface area contributed by atoms with E-state index in [2.05, 4.69) is 0 Å². The van der Waals surface area contributed by atoms with Gasteiger partial charge in [-0.3, -0.25) is 0 Å². The van der Waals surface area contributed by atoms with Crippen molar-refractivity contribution in [2.24, 2.45) is 5.73 Å². The van der Waals surface area contributed by atoms with Crippen molar-refractivity contribution >= 4 is 5.69 Å². The molecular weight excluding hydrogens is 167 g/mol. The SMILES string of the molecule is Nc1ccc(F)c2c1CCC[C@@H]2N. The van der Waals surface area contributed by atoms with Gasteiger partial charge in [0.2, 0.25) is 0 Å². The van der Waals surface area contributed by atoms with Crippen LogP contribution in [0.25, 0.3) is 0 Å². The smallest absolute Gasteiger partial charge is 0.128 e. The van der Waals surface area contributed by atoms with Crippen molar-refractivity contribution in [3.63, 3.8) is 0 Å². The fourth-order valence-electron chi connectivity index (χ4n) is 1.98. The average Bonchev–Trinajstić information content (AvgIpc) is 2.12. The second kappa shape index (κ2) is 3.00. The van der Waals surface area contributed by atoms with Crippen LogP contribution in [0.2, 0.25) is 0 Å². The van der Waals surface area contributed by atoms with Gasteiger partial charge in [0.25, 0.3) is 0 Å². The molecule has 1 aromatic rings. The maximum Gasteiger partial charge on any atom is 0.128 e. The van der Waals surface area contributed by atoms with Gasteiger partial charge in [-0.05, 0) is 37.0 Å². The summed E-state index contributed by atoms with van der Waals surface area (Å²) < 4.78 is 13.4. The molecule has 1 aliphatic rings. The van der Waals surface area contributed by atoms with Crippen molar-refractivity contribution in [3.8, 4) is 0 Å². The number of anilines is 1. The van der Waals surface area contributed by atoms with E-state index in [0.29, 0.717) is 11.3 Å². The molecule has 0 amide bonds. The summed E-state index contributed by atoms with van der Waals surface area (Å²) >= 11 is 0. The molecular formula is C10H13FN2. The number of halogens is 1. The first-order chi connectivity index (χ1) is 6.20. The fraction of sp³-hybridized carbons (Fsp3) is 0.400. The van der Waals surface area contributed by atoms with Crippen LogP contribution in [0.4, 0.5) is 10.1 Å². The highest BCUT2D eigenvalue weighted by Crippen LogP contribution is 2.33. The van der Waals surface area contributed by atoms with Gasteiger partial charge in [0.15, 0.2) is 0 Å². The molecule has 0 aromatic heterocycles. The van der Waals surface area contributed by atoms with Crippen LogP contribution in [0.15, 0.2) is 12.1 Å². The van der Waals surface area contributed by atoms with E-state index in [-0.39, 0.29) is 11.9 Å². The molecule has 0 saturated heterocycles. The molecule has 0 unspecified atom stereocenters. The van der Waals surface area contributed by atoms with Gasteiger partial charge in [-0.25, -0.2) is 4.39 Å². The van der Waals surface area contributed by atoms with E-state index >= 15 is 0 Å². The van der Waals surface area contributed by atoms with Crippen molar-refractivity contribution in [1.82, 2.24) is 0 Å². The first kappa shape index (κ1) is 8.51. The van der Waals surface area contributed by atoms with Gasteiger partial charge in [-0.1, -0.05) is 0 Å². The molecule has 70 valence electrons. The van der Waals surface area contributed by atoms with Crippen molar-refractivity contribution in [1.29, 1.82) is 0 Å². The van der Waals surface area contributed by atoms with Gasteiger partial charge in [0, 0.05) is 17.3 Å². The number of nitrogen functional groups attached to an aromatic ring is 1. The largest absolute Gasteiger partial charge is 0.398 e. The molecule has 3 heteroatoms. The van der Waals surface area contributed by atoms with Crippen LogP contribution >= 0.6 is 0 Å². The number of rotatable bonds is 0. The highest BCUT2D eigenvalue weighted by Gasteiger charge is 2.21. The standard InChI is InChI=1S/C10H13FN2/c11-7-4-5-8(12)6-2-1-3-9(13)10(6)7/h4-5,9H,1-3,12-13H2/t9-/m0/s1. The van der Waals surface area contributed by atoms with Crippen LogP contribution in [0.5, 0.6) is 0 Å². The Hall–Kier alpha value is -1.09. The van der Waals surface area contributed by atoms with Crippen LogP contribution in [0.1, 0.15) is 30.0 Å². The highest BCUT2D eigenvalue weighted by atomic mass is 19.1. The minimum absolute atomic E-state index is 0.174. The minimum atomic E-state index is -0.212. The summed E-state index contributed by atoms with van der Waals surface area (Å²) in [5.41, 5.74) is 13.8. The van der Waals surface area contributed by atoms with Crippen molar-refractivity contribution in [2.75, 3.05) is 5.73 Å². The lowest BCUT2D eigenvalue weighted by atomic mass is 9.87. The molecule has 0 spiro atoms. The van der Waals surface area contributed by atoms with Crippen molar-refractivity contribution < 1.29 is 4.39 Å². The van der Waals surface area contributed by atoms with E-state index < -0.39 is 0 Å². The zero-order valence-electron chi connectivity index (χ0n) is 7.39. The lowest BCUT2D eigenvalue weighted by Crippen LogP contribution is -2.20. The summed E-state index contributed by atoms with van der Waals surface area (Å²) in [4.78, 5) is 0. The Balaban J connectivity index is 2.60. The van der Waals surface area contributed by atoms with E-state index in [9.17, 15) is 4.39 Å². The Morgan fingerprint density at radius 2 is 2.15 bits per heavy atom. The molecule has 1 aromatic carbocycles. The van der Waals surface area contributed by atoms with Crippen LogP contribution in [0, 0.1) is 5.82 Å². The summed E-state index contributed by atoms with van der Waals surface area (Å²) in [6.07, 6.45) is 2.71. The molecule has 0 heterocycles. The molecule has 0 saturated carbocycles. The van der Waals surface area contributed by atoms with Crippen LogP contribution < -0.4 is 11.5 Å². The number of hydrogen-bond donors (Lipinski definition) is 2. The van der Waals surface area contributed by atoms with E-state index in [1.807, 2.05) is 0 Å². The number of hydrogen-bond acceptors (Lipinski definition) is 2. The van der Waals surface area contributed by atoms with Crippen molar-refractivity contribution in [3.05, 3.63) is 29.1 Å². The van der Waals surface area contributed by atoms with Crippen LogP contribution in [0.3, 0.4) is 0 Å². The topological polar surface area (TPSA) is 52.0 Å². The van der Waals surface area contributed by atoms with E-state index in [1.54, 1.807) is 6.07 Å². The molecule has 0 fully saturated rings. The maximum absolute atomic E-state index is 13.4. The summed E-state index contributed by atoms with van der Waals surface area (Å²) in [6, 6.07) is 2.85. The molecule has 2 nitrogen and oxygen atoms in total. The predicted octanol–water partition coefficient (Wildman–Crippen LogP) is 1.74. The monoisotopic (exact) mass is 180 g/mol. The second-order valence-corrected chi connectivity index (χ2v) is 3.53. The van der Waals surface area contributed by atoms with Gasteiger partial charge in [0.05, 0.1) is 0 Å². The Morgan fingerprint density at radius 3 is 2.85 bits per heavy atom. The first-order valence-electron chi connectivity index (χ1n) is 4.52. The van der Waals surface area contributed by atoms with Gasteiger partial charge in [0.1, 0.15) is 5.82 Å². The summed E-state index contributed by atoms with van der Waals surface area (Å²) in [5.74, 6) is -0.212. The predicted molar refractivity (Wildman–Crippen MR) is 50.7 cm³/mol. The van der Waals surface area contributed by atoms with E-state index in [4.69, 9.17) is 11.5 Å². The molecule has 13 heavy (non-hydrogen) atoms. The quantitative estimate of drug-likeness (QED) is 0.597. The lowest BCUT2D eigenvalue weighted by Gasteiger charge is -2.23. The minimum Gasteiger partial charge on any atom is -0.398 e. The second-order valence-electron chi connectivity index (χ2n) is 3.53. The first-order valence-corrected chi connectivity index (χ1v) is 4.52. The molecule has 0 aliphatic heterocycles. The fourth-order valence-corrected chi connectivity index (χ4v) is 1.98. The normalized spacial score (nSPS) is 21.2. The zero-order valence-corrected chi connectivity index (χ0v) is 7.39. The number of nitrogens with two attached hydrogens (primary N) is 2. The maximum atomic E-state index is 13.4. The zero-order chi connectivity index (χ0) is 9.42. The van der Waals surface area contributed by atoms with Crippen LogP contribution in [-0.2, 0) is 6.42 Å². The Morgan fingerprint density at radius 1 is 1.38 bits per heavy atom. The molecule has 0 radical (unpaired) electrons. The Kier molecular flexibility index (Phi) is 1.96. The van der Waals surface area contributed by atoms with Crippen LogP contribution in [-0.4, -0.2) is 0 Å². The molecule has 2 rings (SSSR count). The van der Waals surface area contributed by atoms with E-state index in [0.717, 1.165) is 24.8 Å². The van der Waals surface area contributed by atoms with E-state index in [1.165, 1.54) is 6.07 Å². The highest BCUT2D eigenvalue weighted by molar-refractivity contribution is 5.53. The Labute approximate surface area is 76.7 Å². The third-order valence-electron chi connectivity index (χ3n) is 2.65. The summed E-state index contributed by atoms with van der Waals surface area (Å²) in [7, 11) is 0. The van der Waals surface area contributed by atoms with Gasteiger partial charge in [-0.2, -0.15) is 0 Å². The lowest BCUT2D eigenvalue weighted by molar-refractivity contribution is 0.519. The molecule has 1 aliphatic carbocycles.